The molecule has 3 aromatic heterocycles. The Morgan fingerprint density at radius 1 is 0.349 bits per heavy atom. The van der Waals surface area contributed by atoms with E-state index in [4.69, 9.17) is 15.0 Å². The first-order chi connectivity index (χ1) is 31.2. The second kappa shape index (κ2) is 13.0. The van der Waals surface area contributed by atoms with E-state index in [0.29, 0.717) is 17.6 Å². The third kappa shape index (κ3) is 4.77. The van der Waals surface area contributed by atoms with Crippen molar-refractivity contribution in [2.24, 2.45) is 0 Å². The number of rotatable bonds is 4. The van der Waals surface area contributed by atoms with E-state index in [1.807, 2.05) is 29.5 Å². The maximum atomic E-state index is 5.41. The summed E-state index contributed by atoms with van der Waals surface area (Å²) in [4.78, 5) is 16.0. The van der Waals surface area contributed by atoms with Gasteiger partial charge in [-0.05, 0) is 86.0 Å². The summed E-state index contributed by atoms with van der Waals surface area (Å²) < 4.78 is 4.72. The zero-order valence-electron chi connectivity index (χ0n) is 33.8. The van der Waals surface area contributed by atoms with Gasteiger partial charge < -0.3 is 0 Å². The van der Waals surface area contributed by atoms with Gasteiger partial charge in [0.2, 0.25) is 5.95 Å². The minimum absolute atomic E-state index is 0.440. The summed E-state index contributed by atoms with van der Waals surface area (Å²) in [5, 5.41) is 4.84. The number of para-hydroxylation sites is 1. The van der Waals surface area contributed by atoms with Crippen molar-refractivity contribution < 1.29 is 0 Å². The Labute approximate surface area is 367 Å². The first kappa shape index (κ1) is 34.7. The lowest BCUT2D eigenvalue weighted by molar-refractivity contribution is 0.795. The lowest BCUT2D eigenvalue weighted by Crippen LogP contribution is -2.25. The third-order valence-electron chi connectivity index (χ3n) is 13.5. The molecule has 3 heterocycles. The summed E-state index contributed by atoms with van der Waals surface area (Å²) in [5.74, 6) is 1.86. The standard InChI is InChI=1S/C58H34N4S/c1-3-16-35(17-4-1)38-24-15-29-52-54(38)43-31-30-37(32-53(43)63-52)56-59-55(36-18-5-2-6-19-36)60-57(61-56)62-50-28-14-10-23-42(50)45-33-49-44(34-51(45)62)41-22-9-13-27-48(41)58(49)46-25-11-7-20-39(46)40-21-8-12-26-47(40)58/h1-34H. The molecule has 0 radical (unpaired) electrons. The van der Waals surface area contributed by atoms with Crippen LogP contribution in [0.3, 0.4) is 0 Å². The molecule has 0 aliphatic heterocycles. The Kier molecular flexibility index (Phi) is 7.16. The van der Waals surface area contributed by atoms with Gasteiger partial charge >= 0.3 is 0 Å². The van der Waals surface area contributed by atoms with Crippen molar-refractivity contribution in [2.45, 2.75) is 5.41 Å². The molecule has 0 atom stereocenters. The van der Waals surface area contributed by atoms with Gasteiger partial charge in [0.1, 0.15) is 0 Å². The summed E-state index contributed by atoms with van der Waals surface area (Å²) in [6.07, 6.45) is 0. The molecule has 0 saturated carbocycles. The van der Waals surface area contributed by atoms with Crippen LogP contribution >= 0.6 is 11.3 Å². The Balaban J connectivity index is 1.02. The van der Waals surface area contributed by atoms with Crippen LogP contribution < -0.4 is 0 Å². The average molecular weight is 819 g/mol. The number of fused-ring (bicyclic) bond motifs is 16. The van der Waals surface area contributed by atoms with Gasteiger partial charge in [0, 0.05) is 42.1 Å². The van der Waals surface area contributed by atoms with Gasteiger partial charge in [0.05, 0.1) is 16.4 Å². The number of thiophene rings is 1. The van der Waals surface area contributed by atoms with Crippen LogP contribution in [0.2, 0.25) is 0 Å². The minimum Gasteiger partial charge on any atom is -0.278 e. The molecule has 0 bridgehead atoms. The fourth-order valence-corrected chi connectivity index (χ4v) is 12.1. The SMILES string of the molecule is c1ccc(-c2nc(-c3ccc4c(c3)sc3cccc(-c5ccccc5)c34)nc(-n3c4ccccc4c4cc5c(cc43)-c3ccccc3C53c4ccccc4-c4ccccc43)n2)cc1. The van der Waals surface area contributed by atoms with Crippen LogP contribution in [0.15, 0.2) is 206 Å². The number of benzene rings is 9. The van der Waals surface area contributed by atoms with Crippen LogP contribution in [0.1, 0.15) is 22.3 Å². The summed E-state index contributed by atoms with van der Waals surface area (Å²) in [6.45, 7) is 0. The molecular formula is C58H34N4S. The quantitative estimate of drug-likeness (QED) is 0.178. The Morgan fingerprint density at radius 2 is 0.937 bits per heavy atom. The number of hydrogen-bond acceptors (Lipinski definition) is 4. The van der Waals surface area contributed by atoms with E-state index in [-0.39, 0.29) is 0 Å². The zero-order chi connectivity index (χ0) is 41.2. The molecule has 5 heteroatoms. The van der Waals surface area contributed by atoms with Crippen molar-refractivity contribution in [3.05, 3.63) is 229 Å². The van der Waals surface area contributed by atoms with Gasteiger partial charge in [0.15, 0.2) is 11.6 Å². The monoisotopic (exact) mass is 818 g/mol. The van der Waals surface area contributed by atoms with Gasteiger partial charge in [0.25, 0.3) is 0 Å². The van der Waals surface area contributed by atoms with Crippen LogP contribution in [-0.2, 0) is 5.41 Å². The van der Waals surface area contributed by atoms with Crippen molar-refractivity contribution in [2.75, 3.05) is 0 Å². The van der Waals surface area contributed by atoms with Crippen molar-refractivity contribution in [1.82, 2.24) is 19.5 Å². The molecule has 12 aromatic rings. The molecule has 0 N–H and O–H groups in total. The maximum Gasteiger partial charge on any atom is 0.238 e. The van der Waals surface area contributed by atoms with Crippen LogP contribution in [0.25, 0.3) is 104 Å². The predicted octanol–water partition coefficient (Wildman–Crippen LogP) is 14.7. The van der Waals surface area contributed by atoms with Gasteiger partial charge in [-0.15, -0.1) is 11.3 Å². The lowest BCUT2D eigenvalue weighted by atomic mass is 9.70. The molecule has 0 amide bonds. The fourth-order valence-electron chi connectivity index (χ4n) is 10.9. The molecule has 4 nitrogen and oxygen atoms in total. The zero-order valence-corrected chi connectivity index (χ0v) is 34.6. The molecule has 0 fully saturated rings. The second-order valence-corrected chi connectivity index (χ2v) is 17.7. The highest BCUT2D eigenvalue weighted by Crippen LogP contribution is 2.63. The van der Waals surface area contributed by atoms with Crippen molar-refractivity contribution in [3.63, 3.8) is 0 Å². The van der Waals surface area contributed by atoms with E-state index in [1.54, 1.807) is 0 Å². The molecule has 2 aliphatic carbocycles. The van der Waals surface area contributed by atoms with Gasteiger partial charge in [-0.3, -0.25) is 4.57 Å². The van der Waals surface area contributed by atoms with E-state index in [2.05, 4.69) is 193 Å². The summed E-state index contributed by atoms with van der Waals surface area (Å²) in [5.41, 5.74) is 16.4. The molecule has 2 aliphatic rings. The highest BCUT2D eigenvalue weighted by atomic mass is 32.1. The molecule has 63 heavy (non-hydrogen) atoms. The molecule has 292 valence electrons. The highest BCUT2D eigenvalue weighted by molar-refractivity contribution is 7.26. The van der Waals surface area contributed by atoms with Crippen LogP contribution in [0, 0.1) is 0 Å². The fraction of sp³-hybridized carbons (Fsp3) is 0.0172. The Bertz CT molecular complexity index is 3820. The maximum absolute atomic E-state index is 5.41. The minimum atomic E-state index is -0.440. The van der Waals surface area contributed by atoms with Gasteiger partial charge in [-0.25, -0.2) is 4.98 Å². The second-order valence-electron chi connectivity index (χ2n) is 16.7. The molecule has 0 saturated heterocycles. The largest absolute Gasteiger partial charge is 0.278 e. The van der Waals surface area contributed by atoms with Gasteiger partial charge in [-0.2, -0.15) is 9.97 Å². The van der Waals surface area contributed by atoms with Crippen LogP contribution in [-0.4, -0.2) is 19.5 Å². The number of nitrogens with zero attached hydrogens (tertiary/aromatic N) is 4. The van der Waals surface area contributed by atoms with E-state index in [0.717, 1.165) is 27.5 Å². The Hall–Kier alpha value is -7.99. The molecule has 0 unspecified atom stereocenters. The van der Waals surface area contributed by atoms with Crippen molar-refractivity contribution >= 4 is 53.3 Å². The first-order valence-electron chi connectivity index (χ1n) is 21.4. The van der Waals surface area contributed by atoms with Crippen molar-refractivity contribution in [1.29, 1.82) is 0 Å². The molecule has 14 rings (SSSR count). The normalized spacial score (nSPS) is 13.2. The van der Waals surface area contributed by atoms with Gasteiger partial charge in [-0.1, -0.05) is 176 Å². The molecule has 1 spiro atoms. The number of hydrogen-bond donors (Lipinski definition) is 0. The topological polar surface area (TPSA) is 43.6 Å². The van der Waals surface area contributed by atoms with E-state index >= 15 is 0 Å². The summed E-state index contributed by atoms with van der Waals surface area (Å²) >= 11 is 1.81. The third-order valence-corrected chi connectivity index (χ3v) is 14.6. The van der Waals surface area contributed by atoms with Crippen LogP contribution in [0.4, 0.5) is 0 Å². The first-order valence-corrected chi connectivity index (χ1v) is 22.3. The number of aromatic nitrogens is 4. The lowest BCUT2D eigenvalue weighted by Gasteiger charge is -2.30. The smallest absolute Gasteiger partial charge is 0.238 e. The van der Waals surface area contributed by atoms with Crippen molar-refractivity contribution in [3.8, 4) is 62.1 Å². The highest BCUT2D eigenvalue weighted by Gasteiger charge is 2.51. The summed E-state index contributed by atoms with van der Waals surface area (Å²) in [6, 6.07) is 74.8. The predicted molar refractivity (Wildman–Crippen MR) is 260 cm³/mol. The summed E-state index contributed by atoms with van der Waals surface area (Å²) in [7, 11) is 0. The van der Waals surface area contributed by atoms with E-state index in [9.17, 15) is 0 Å². The Morgan fingerprint density at radius 3 is 1.65 bits per heavy atom. The van der Waals surface area contributed by atoms with Crippen LogP contribution in [0.5, 0.6) is 0 Å². The van der Waals surface area contributed by atoms with E-state index < -0.39 is 5.41 Å². The van der Waals surface area contributed by atoms with E-state index in [1.165, 1.54) is 81.2 Å². The molecule has 9 aromatic carbocycles. The molecular weight excluding hydrogens is 785 g/mol. The average Bonchev–Trinajstić information content (AvgIpc) is 4.07.